The summed E-state index contributed by atoms with van der Waals surface area (Å²) in [6.07, 6.45) is 13.0. The maximum absolute atomic E-state index is 12.6. The first kappa shape index (κ1) is 28.9. The lowest BCUT2D eigenvalue weighted by Crippen LogP contribution is -3.00. The van der Waals surface area contributed by atoms with Gasteiger partial charge in [0.25, 0.3) is 0 Å². The van der Waals surface area contributed by atoms with Crippen molar-refractivity contribution in [2.45, 2.75) is 6.54 Å². The van der Waals surface area contributed by atoms with Gasteiger partial charge < -0.3 is 46.8 Å². The van der Waals surface area contributed by atoms with Gasteiger partial charge in [0.2, 0.25) is 12.2 Å². The summed E-state index contributed by atoms with van der Waals surface area (Å²) in [5.41, 5.74) is 2.61. The number of pyridine rings is 1. The zero-order chi connectivity index (χ0) is 27.3. The number of aryl methyl sites for hydroxylation is 1. The number of carbonyl (C=O) groups excluding carboxylic acids is 1. The van der Waals surface area contributed by atoms with Crippen LogP contribution in [0.4, 0.5) is 23.1 Å². The molecule has 4 aromatic rings. The largest absolute Gasteiger partial charge is 1.00 e. The number of terminal acetylenes is 1. The molecule has 39 heavy (non-hydrogen) atoms. The van der Waals surface area contributed by atoms with Crippen LogP contribution in [0.1, 0.15) is 11.3 Å². The number of imidazole rings is 1. The van der Waals surface area contributed by atoms with Crippen molar-refractivity contribution in [3.05, 3.63) is 82.7 Å². The monoisotopic (exact) mass is 591 g/mol. The smallest absolute Gasteiger partial charge is 0.390 e. The van der Waals surface area contributed by atoms with Crippen LogP contribution in [-0.4, -0.2) is 60.5 Å². The highest BCUT2D eigenvalue weighted by Crippen LogP contribution is 2.25. The Balaban J connectivity index is 0.00000420. The van der Waals surface area contributed by atoms with Crippen LogP contribution >= 0.6 is 0 Å². The van der Waals surface area contributed by atoms with Crippen LogP contribution in [0.5, 0.6) is 0 Å². The molecule has 13 heteroatoms. The number of fused-ring (bicyclic) bond motifs is 1. The fourth-order valence-electron chi connectivity index (χ4n) is 3.81. The maximum atomic E-state index is 12.6. The Bertz CT molecular complexity index is 1590. The molecule has 0 aliphatic carbocycles. The van der Waals surface area contributed by atoms with Gasteiger partial charge in [0.05, 0.1) is 32.4 Å². The van der Waals surface area contributed by atoms with E-state index in [-0.39, 0.29) is 28.7 Å². The molecule has 0 saturated carbocycles. The Labute approximate surface area is 235 Å². The minimum Gasteiger partial charge on any atom is -1.00 e. The molecule has 0 saturated heterocycles. The fourth-order valence-corrected chi connectivity index (χ4v) is 3.81. The van der Waals surface area contributed by atoms with Gasteiger partial charge in [0, 0.05) is 29.8 Å². The molecule has 0 radical (unpaired) electrons. The normalized spacial score (nSPS) is 11.1. The van der Waals surface area contributed by atoms with E-state index >= 15 is 0 Å². The Morgan fingerprint density at radius 3 is 2.77 bits per heavy atom. The van der Waals surface area contributed by atoms with Crippen molar-refractivity contribution in [2.24, 2.45) is 7.05 Å². The van der Waals surface area contributed by atoms with Gasteiger partial charge in [-0.2, -0.15) is 0 Å². The van der Waals surface area contributed by atoms with E-state index in [4.69, 9.17) is 6.42 Å². The van der Waals surface area contributed by atoms with E-state index < -0.39 is 4.92 Å². The lowest BCUT2D eigenvalue weighted by atomic mass is 10.2. The Kier molecular flexibility index (Phi) is 9.08. The van der Waals surface area contributed by atoms with E-state index in [0.717, 1.165) is 11.3 Å². The predicted octanol–water partition coefficient (Wildman–Crippen LogP) is 0.167. The lowest BCUT2D eigenvalue weighted by molar-refractivity contribution is -0.898. The van der Waals surface area contributed by atoms with Crippen LogP contribution in [0.25, 0.3) is 10.9 Å². The molecule has 200 valence electrons. The molecule has 0 fully saturated rings. The van der Waals surface area contributed by atoms with Crippen LogP contribution in [0.3, 0.4) is 0 Å². The van der Waals surface area contributed by atoms with Gasteiger partial charge in [0.1, 0.15) is 24.5 Å². The van der Waals surface area contributed by atoms with Crippen molar-refractivity contribution in [2.75, 3.05) is 31.3 Å². The van der Waals surface area contributed by atoms with E-state index in [0.29, 0.717) is 45.8 Å². The van der Waals surface area contributed by atoms with E-state index in [1.807, 2.05) is 38.4 Å². The number of amides is 1. The molecular weight excluding hydrogens is 566 g/mol. The zero-order valence-corrected chi connectivity index (χ0v) is 23.1. The third-order valence-electron chi connectivity index (χ3n) is 5.72. The van der Waals surface area contributed by atoms with Crippen molar-refractivity contribution in [1.82, 2.24) is 24.5 Å². The molecule has 0 bridgehead atoms. The summed E-state index contributed by atoms with van der Waals surface area (Å²) >= 11 is 0. The van der Waals surface area contributed by atoms with E-state index in [1.165, 1.54) is 18.7 Å². The first-order valence-corrected chi connectivity index (χ1v) is 11.5. The quantitative estimate of drug-likeness (QED) is 0.0922. The average Bonchev–Trinajstić information content (AvgIpc) is 3.23. The number of halogens is 1. The molecule has 3 heterocycles. The summed E-state index contributed by atoms with van der Waals surface area (Å²) in [4.78, 5) is 40.0. The first-order chi connectivity index (χ1) is 18.1. The number of rotatable bonds is 9. The van der Waals surface area contributed by atoms with Crippen LogP contribution in [0.15, 0.2) is 61.3 Å². The number of nitrogens with one attached hydrogen (secondary N) is 2. The van der Waals surface area contributed by atoms with Crippen LogP contribution in [-0.2, 0) is 18.4 Å². The standard InChI is InChI=1S/C26H25N9O3.BrH/c1-5-18-8-6-9-19(12-18)31-25-20-13-23(27-14-21(20)28-16-29-25)32-24(36)10-7-11-35(3,4)15-22-26(34(37)38)30-17-33(22)2;/h1,6-10,12-14,16-17H,11,15H2,2-4H3,(H-,27,28,29,31,32,36);1H/b10-7+;. The van der Waals surface area contributed by atoms with E-state index in [1.54, 1.807) is 30.0 Å². The summed E-state index contributed by atoms with van der Waals surface area (Å²) in [7, 11) is 5.55. The van der Waals surface area contributed by atoms with Crippen molar-refractivity contribution in [3.63, 3.8) is 0 Å². The summed E-state index contributed by atoms with van der Waals surface area (Å²) in [5.74, 6) is 2.95. The predicted molar refractivity (Wildman–Crippen MR) is 143 cm³/mol. The number of likely N-dealkylation sites (N-methyl/N-ethyl adjacent to an activating group) is 1. The van der Waals surface area contributed by atoms with Crippen molar-refractivity contribution in [1.29, 1.82) is 0 Å². The number of hydrogen-bond acceptors (Lipinski definition) is 8. The van der Waals surface area contributed by atoms with Gasteiger partial charge in [-0.25, -0.2) is 15.0 Å². The highest BCUT2D eigenvalue weighted by molar-refractivity contribution is 6.00. The molecule has 0 unspecified atom stereocenters. The number of nitro groups is 1. The molecule has 1 aromatic carbocycles. The van der Waals surface area contributed by atoms with Gasteiger partial charge >= 0.3 is 5.82 Å². The second-order valence-corrected chi connectivity index (χ2v) is 9.21. The van der Waals surface area contributed by atoms with Crippen molar-refractivity contribution < 1.29 is 31.2 Å². The Morgan fingerprint density at radius 1 is 1.23 bits per heavy atom. The molecule has 0 aliphatic rings. The molecule has 1 amide bonds. The van der Waals surface area contributed by atoms with Gasteiger partial charge in [-0.3, -0.25) is 4.79 Å². The average molecular weight is 592 g/mol. The summed E-state index contributed by atoms with van der Waals surface area (Å²) in [6.45, 7) is 0.824. The second-order valence-electron chi connectivity index (χ2n) is 9.21. The highest BCUT2D eigenvalue weighted by atomic mass is 79.9. The minimum absolute atomic E-state index is 0. The third kappa shape index (κ3) is 7.22. The fraction of sp³-hybridized carbons (Fsp3) is 0.192. The minimum atomic E-state index is -0.490. The number of carbonyl (C=O) groups is 1. The summed E-state index contributed by atoms with van der Waals surface area (Å²) in [6, 6.07) is 9.07. The summed E-state index contributed by atoms with van der Waals surface area (Å²) in [5, 5.41) is 17.9. The number of quaternary nitrogens is 1. The molecule has 0 spiro atoms. The van der Waals surface area contributed by atoms with Crippen LogP contribution in [0.2, 0.25) is 0 Å². The maximum Gasteiger partial charge on any atom is 0.390 e. The number of benzene rings is 1. The van der Waals surface area contributed by atoms with Crippen molar-refractivity contribution in [3.8, 4) is 12.3 Å². The van der Waals surface area contributed by atoms with Gasteiger partial charge in [0.15, 0.2) is 5.69 Å². The molecule has 0 aliphatic heterocycles. The zero-order valence-electron chi connectivity index (χ0n) is 21.5. The molecule has 4 rings (SSSR count). The molecule has 0 atom stereocenters. The SMILES string of the molecule is C#Cc1cccc(Nc2ncnc3cnc(NC(=O)/C=C/C[N+](C)(C)Cc4c([N+](=O)[O-])ncn4C)cc23)c1.[Br-]. The van der Waals surface area contributed by atoms with Crippen LogP contribution in [0, 0.1) is 22.5 Å². The number of aromatic nitrogens is 5. The summed E-state index contributed by atoms with van der Waals surface area (Å²) < 4.78 is 2.02. The second kappa shape index (κ2) is 12.2. The highest BCUT2D eigenvalue weighted by Gasteiger charge is 2.26. The van der Waals surface area contributed by atoms with Gasteiger partial charge in [-0.05, 0) is 40.2 Å². The first-order valence-electron chi connectivity index (χ1n) is 11.5. The molecule has 2 N–H and O–H groups in total. The Hall–Kier alpha value is -4.67. The van der Waals surface area contributed by atoms with E-state index in [9.17, 15) is 14.9 Å². The third-order valence-corrected chi connectivity index (χ3v) is 5.72. The van der Waals surface area contributed by atoms with Crippen LogP contribution < -0.4 is 27.6 Å². The lowest BCUT2D eigenvalue weighted by Gasteiger charge is -2.27. The topological polar surface area (TPSA) is 141 Å². The number of anilines is 3. The molecular formula is C26H26BrN9O3. The van der Waals surface area contributed by atoms with E-state index in [2.05, 4.69) is 36.5 Å². The number of hydrogen-bond donors (Lipinski definition) is 2. The van der Waals surface area contributed by atoms with Crippen molar-refractivity contribution >= 4 is 40.0 Å². The Morgan fingerprint density at radius 2 is 2.03 bits per heavy atom. The molecule has 12 nitrogen and oxygen atoms in total. The molecule has 3 aromatic heterocycles. The number of nitrogens with zero attached hydrogens (tertiary/aromatic N) is 7. The van der Waals surface area contributed by atoms with Gasteiger partial charge in [-0.1, -0.05) is 12.0 Å². The van der Waals surface area contributed by atoms with Gasteiger partial charge in [-0.15, -0.1) is 6.42 Å².